The second-order valence-corrected chi connectivity index (χ2v) is 9.53. The van der Waals surface area contributed by atoms with E-state index < -0.39 is 0 Å². The molecule has 0 bridgehead atoms. The Morgan fingerprint density at radius 1 is 1.14 bits per heavy atom. The van der Waals surface area contributed by atoms with E-state index in [4.69, 9.17) is 9.47 Å². The van der Waals surface area contributed by atoms with Crippen LogP contribution in [0.15, 0.2) is 24.3 Å². The zero-order chi connectivity index (χ0) is 19.4. The van der Waals surface area contributed by atoms with Gasteiger partial charge in [0, 0.05) is 43.7 Å². The fourth-order valence-electron chi connectivity index (χ4n) is 6.60. The summed E-state index contributed by atoms with van der Waals surface area (Å²) in [5.41, 5.74) is 4.29. The Hall–Kier alpha value is -1.40. The van der Waals surface area contributed by atoms with Gasteiger partial charge in [-0.3, -0.25) is 9.80 Å². The van der Waals surface area contributed by atoms with Gasteiger partial charge in [-0.05, 0) is 50.3 Å². The van der Waals surface area contributed by atoms with Crippen molar-refractivity contribution in [1.82, 2.24) is 14.4 Å². The fraction of sp³-hybridized carbons (Fsp3) is 0.667. The highest BCUT2D eigenvalue weighted by atomic mass is 16.5. The van der Waals surface area contributed by atoms with Gasteiger partial charge in [0.25, 0.3) is 0 Å². The summed E-state index contributed by atoms with van der Waals surface area (Å²) >= 11 is 0. The van der Waals surface area contributed by atoms with Gasteiger partial charge in [-0.15, -0.1) is 0 Å². The molecule has 1 aromatic carbocycles. The molecule has 0 spiro atoms. The van der Waals surface area contributed by atoms with Crippen LogP contribution in [0.2, 0.25) is 0 Å². The molecule has 4 aliphatic rings. The van der Waals surface area contributed by atoms with Crippen LogP contribution in [0.5, 0.6) is 0 Å². The van der Waals surface area contributed by atoms with E-state index >= 15 is 0 Å². The molecule has 2 fully saturated rings. The molecular formula is C24H33N3O2. The summed E-state index contributed by atoms with van der Waals surface area (Å²) in [6, 6.07) is 9.63. The van der Waals surface area contributed by atoms with E-state index in [2.05, 4.69) is 45.6 Å². The molecule has 5 heteroatoms. The maximum atomic E-state index is 6.79. The first-order valence-corrected chi connectivity index (χ1v) is 11.6. The maximum Gasteiger partial charge on any atom is 0.142 e. The minimum absolute atomic E-state index is 0.249. The van der Waals surface area contributed by atoms with E-state index in [1.54, 1.807) is 11.3 Å². The van der Waals surface area contributed by atoms with Gasteiger partial charge in [0.05, 0.1) is 31.4 Å². The van der Waals surface area contributed by atoms with Crippen LogP contribution in [0.1, 0.15) is 43.5 Å². The van der Waals surface area contributed by atoms with Gasteiger partial charge in [0.2, 0.25) is 0 Å². The van der Waals surface area contributed by atoms with Crippen LogP contribution >= 0.6 is 0 Å². The standard InChI is InChI=1S/C24H33N3O2/c1-24(29-16-13-25-11-14-28-15-12-25)17-18-5-4-9-26-10-8-20-19-6-2-3-7-21(19)27(24)23(20)22(18)26/h2-3,6-7,18,22H,4-5,8-17H2,1H3. The molecule has 3 atom stereocenters. The minimum Gasteiger partial charge on any atom is -0.379 e. The van der Waals surface area contributed by atoms with Crippen molar-refractivity contribution in [2.75, 3.05) is 52.5 Å². The first-order valence-electron chi connectivity index (χ1n) is 11.6. The molecule has 156 valence electrons. The molecule has 0 saturated carbocycles. The molecule has 0 N–H and O–H groups in total. The van der Waals surface area contributed by atoms with E-state index in [9.17, 15) is 0 Å². The van der Waals surface area contributed by atoms with Crippen molar-refractivity contribution >= 4 is 10.9 Å². The van der Waals surface area contributed by atoms with E-state index in [-0.39, 0.29) is 5.72 Å². The summed E-state index contributed by atoms with van der Waals surface area (Å²) in [6.07, 6.45) is 4.98. The summed E-state index contributed by atoms with van der Waals surface area (Å²) in [6.45, 7) is 10.4. The number of nitrogens with zero attached hydrogens (tertiary/aromatic N) is 3. The van der Waals surface area contributed by atoms with Gasteiger partial charge in [-0.1, -0.05) is 18.2 Å². The summed E-state index contributed by atoms with van der Waals surface area (Å²) in [4.78, 5) is 5.24. The van der Waals surface area contributed by atoms with Crippen molar-refractivity contribution in [3.8, 4) is 0 Å². The quantitative estimate of drug-likeness (QED) is 0.794. The zero-order valence-electron chi connectivity index (χ0n) is 17.6. The highest BCUT2D eigenvalue weighted by Gasteiger charge is 2.49. The highest BCUT2D eigenvalue weighted by molar-refractivity contribution is 5.86. The first kappa shape index (κ1) is 18.4. The largest absolute Gasteiger partial charge is 0.379 e. The average molecular weight is 396 g/mol. The Balaban J connectivity index is 1.38. The second-order valence-electron chi connectivity index (χ2n) is 9.53. The predicted octanol–water partition coefficient (Wildman–Crippen LogP) is 3.38. The molecule has 6 rings (SSSR count). The van der Waals surface area contributed by atoms with Gasteiger partial charge in [0.1, 0.15) is 5.72 Å². The average Bonchev–Trinajstić information content (AvgIpc) is 3.10. The summed E-state index contributed by atoms with van der Waals surface area (Å²) in [5.74, 6) is 0.716. The second kappa shape index (κ2) is 7.09. The number of fused-ring (bicyclic) bond motifs is 3. The normalized spacial score (nSPS) is 32.4. The molecule has 2 saturated heterocycles. The van der Waals surface area contributed by atoms with Crippen LogP contribution in [0.4, 0.5) is 0 Å². The molecule has 0 aliphatic carbocycles. The Kier molecular flexibility index (Phi) is 4.49. The van der Waals surface area contributed by atoms with Gasteiger partial charge in [0.15, 0.2) is 0 Å². The summed E-state index contributed by atoms with van der Waals surface area (Å²) < 4.78 is 14.9. The number of hydrogen-bond acceptors (Lipinski definition) is 4. The van der Waals surface area contributed by atoms with E-state index in [0.29, 0.717) is 12.0 Å². The number of rotatable bonds is 4. The molecule has 1 aromatic heterocycles. The van der Waals surface area contributed by atoms with Crippen molar-refractivity contribution in [2.45, 2.75) is 44.4 Å². The third-order valence-electron chi connectivity index (χ3n) is 7.85. The van der Waals surface area contributed by atoms with E-state index in [1.807, 2.05) is 0 Å². The maximum absolute atomic E-state index is 6.79. The smallest absolute Gasteiger partial charge is 0.142 e. The minimum atomic E-state index is -0.249. The molecule has 5 heterocycles. The Labute approximate surface area is 173 Å². The Bertz CT molecular complexity index is 903. The van der Waals surface area contributed by atoms with Crippen molar-refractivity contribution in [3.63, 3.8) is 0 Å². The predicted molar refractivity (Wildman–Crippen MR) is 114 cm³/mol. The van der Waals surface area contributed by atoms with E-state index in [0.717, 1.165) is 45.9 Å². The molecule has 0 amide bonds. The van der Waals surface area contributed by atoms with Crippen molar-refractivity contribution in [1.29, 1.82) is 0 Å². The van der Waals surface area contributed by atoms with Crippen LogP contribution in [0, 0.1) is 5.92 Å². The number of hydrogen-bond donors (Lipinski definition) is 0. The third kappa shape index (κ3) is 2.89. The lowest BCUT2D eigenvalue weighted by Crippen LogP contribution is -2.52. The molecule has 2 aromatic rings. The topological polar surface area (TPSA) is 29.9 Å². The summed E-state index contributed by atoms with van der Waals surface area (Å²) in [5, 5.41) is 1.45. The number of para-hydroxylation sites is 1. The SMILES string of the molecule is CC1(OCCN2CCOCC2)CC2CCCN3CCc4c(n1c1ccccc41)C23. The van der Waals surface area contributed by atoms with Crippen LogP contribution in [0.25, 0.3) is 10.9 Å². The monoisotopic (exact) mass is 395 g/mol. The zero-order valence-corrected chi connectivity index (χ0v) is 17.6. The van der Waals surface area contributed by atoms with Crippen LogP contribution < -0.4 is 0 Å². The number of benzene rings is 1. The van der Waals surface area contributed by atoms with E-state index in [1.165, 1.54) is 43.3 Å². The lowest BCUT2D eigenvalue weighted by Gasteiger charge is -2.52. The number of piperidine rings is 1. The van der Waals surface area contributed by atoms with Crippen molar-refractivity contribution in [2.24, 2.45) is 5.92 Å². The van der Waals surface area contributed by atoms with Gasteiger partial charge in [-0.2, -0.15) is 0 Å². The molecule has 3 unspecified atom stereocenters. The van der Waals surface area contributed by atoms with Gasteiger partial charge < -0.3 is 14.0 Å². The molecule has 4 aliphatic heterocycles. The van der Waals surface area contributed by atoms with Crippen LogP contribution in [0.3, 0.4) is 0 Å². The highest BCUT2D eigenvalue weighted by Crippen LogP contribution is 2.53. The third-order valence-corrected chi connectivity index (χ3v) is 7.85. The first-order chi connectivity index (χ1) is 14.2. The van der Waals surface area contributed by atoms with Crippen LogP contribution in [-0.4, -0.2) is 66.9 Å². The lowest BCUT2D eigenvalue weighted by molar-refractivity contribution is -0.141. The van der Waals surface area contributed by atoms with Crippen LogP contribution in [-0.2, 0) is 21.6 Å². The lowest BCUT2D eigenvalue weighted by atomic mass is 9.76. The molecular weight excluding hydrogens is 362 g/mol. The number of aromatic nitrogens is 1. The Morgan fingerprint density at radius 2 is 2.00 bits per heavy atom. The Morgan fingerprint density at radius 3 is 2.90 bits per heavy atom. The van der Waals surface area contributed by atoms with Gasteiger partial charge >= 0.3 is 0 Å². The molecule has 0 radical (unpaired) electrons. The van der Waals surface area contributed by atoms with Gasteiger partial charge in [-0.25, -0.2) is 0 Å². The van der Waals surface area contributed by atoms with Crippen molar-refractivity contribution in [3.05, 3.63) is 35.5 Å². The van der Waals surface area contributed by atoms with Crippen molar-refractivity contribution < 1.29 is 9.47 Å². The summed E-state index contributed by atoms with van der Waals surface area (Å²) in [7, 11) is 0. The number of ether oxygens (including phenoxy) is 2. The molecule has 29 heavy (non-hydrogen) atoms. The fourth-order valence-corrected chi connectivity index (χ4v) is 6.60. The molecule has 5 nitrogen and oxygen atoms in total. The number of morpholine rings is 1.